The van der Waals surface area contributed by atoms with Gasteiger partial charge in [-0.25, -0.2) is 9.59 Å². The number of aliphatic carboxylic acids is 2. The van der Waals surface area contributed by atoms with Crippen LogP contribution in [-0.2, 0) is 9.59 Å². The zero-order chi connectivity index (χ0) is 14.1. The van der Waals surface area contributed by atoms with Crippen LogP contribution in [0.5, 0.6) is 0 Å². The number of hydrogen-bond donors (Lipinski definition) is 3. The van der Waals surface area contributed by atoms with Gasteiger partial charge in [-0.2, -0.15) is 0 Å². The molecule has 0 aromatic heterocycles. The maximum atomic E-state index is 9.10. The maximum Gasteiger partial charge on any atom is 0.414 e. The van der Waals surface area contributed by atoms with Gasteiger partial charge in [0.05, 0.1) is 12.4 Å². The van der Waals surface area contributed by atoms with Crippen LogP contribution in [0.3, 0.4) is 0 Å². The molecule has 0 bridgehead atoms. The van der Waals surface area contributed by atoms with Gasteiger partial charge in [0.2, 0.25) is 0 Å². The van der Waals surface area contributed by atoms with E-state index < -0.39 is 11.9 Å². The predicted octanol–water partition coefficient (Wildman–Crippen LogP) is 1.50. The van der Waals surface area contributed by atoms with E-state index in [1.165, 1.54) is 50.8 Å². The molecule has 6 nitrogen and oxygen atoms in total. The third kappa shape index (κ3) is 6.79. The molecule has 0 spiro atoms. The van der Waals surface area contributed by atoms with E-state index in [1.807, 2.05) is 0 Å². The quantitative estimate of drug-likeness (QED) is 0.675. The summed E-state index contributed by atoms with van der Waals surface area (Å²) in [6.07, 6.45) is 9.89. The Labute approximate surface area is 112 Å². The third-order valence-electron chi connectivity index (χ3n) is 3.44. The van der Waals surface area contributed by atoms with Gasteiger partial charge in [0.1, 0.15) is 0 Å². The summed E-state index contributed by atoms with van der Waals surface area (Å²) >= 11 is 0. The first kappa shape index (κ1) is 15.5. The summed E-state index contributed by atoms with van der Waals surface area (Å²) in [4.78, 5) is 22.6. The minimum atomic E-state index is -1.82. The molecule has 0 aromatic rings. The van der Waals surface area contributed by atoms with Gasteiger partial charge in [0, 0.05) is 13.0 Å². The molecule has 0 unspecified atom stereocenters. The van der Waals surface area contributed by atoms with E-state index in [9.17, 15) is 0 Å². The second kappa shape index (κ2) is 8.50. The van der Waals surface area contributed by atoms with Gasteiger partial charge < -0.3 is 15.5 Å². The van der Waals surface area contributed by atoms with Gasteiger partial charge in [0.25, 0.3) is 0 Å². The average molecular weight is 270 g/mol. The zero-order valence-electron chi connectivity index (χ0n) is 11.1. The van der Waals surface area contributed by atoms with Crippen molar-refractivity contribution < 1.29 is 19.8 Å². The van der Waals surface area contributed by atoms with Crippen LogP contribution in [0.25, 0.3) is 0 Å². The highest BCUT2D eigenvalue weighted by atomic mass is 16.4. The van der Waals surface area contributed by atoms with E-state index >= 15 is 0 Å². The smallest absolute Gasteiger partial charge is 0.414 e. The van der Waals surface area contributed by atoms with Crippen molar-refractivity contribution in [1.82, 2.24) is 5.32 Å². The summed E-state index contributed by atoms with van der Waals surface area (Å²) in [5.41, 5.74) is 0. The van der Waals surface area contributed by atoms with Crippen molar-refractivity contribution in [3.05, 3.63) is 0 Å². The van der Waals surface area contributed by atoms with Crippen LogP contribution in [0.1, 0.15) is 44.9 Å². The fourth-order valence-electron chi connectivity index (χ4n) is 2.43. The van der Waals surface area contributed by atoms with Gasteiger partial charge in [0.15, 0.2) is 0 Å². The molecule has 19 heavy (non-hydrogen) atoms. The number of nitrogens with one attached hydrogen (secondary N) is 1. The Morgan fingerprint density at radius 2 is 1.79 bits per heavy atom. The van der Waals surface area contributed by atoms with Crippen molar-refractivity contribution in [1.29, 1.82) is 0 Å². The maximum absolute atomic E-state index is 9.10. The van der Waals surface area contributed by atoms with E-state index in [0.29, 0.717) is 0 Å². The largest absolute Gasteiger partial charge is 0.473 e. The Morgan fingerprint density at radius 1 is 1.16 bits per heavy atom. The number of hydrogen-bond acceptors (Lipinski definition) is 4. The second-order valence-corrected chi connectivity index (χ2v) is 4.91. The van der Waals surface area contributed by atoms with Crippen molar-refractivity contribution in [2.75, 3.05) is 13.1 Å². The average Bonchev–Trinajstić information content (AvgIpc) is 2.91. The monoisotopic (exact) mass is 270 g/mol. The van der Waals surface area contributed by atoms with Gasteiger partial charge in [-0.3, -0.25) is 4.99 Å². The van der Waals surface area contributed by atoms with Crippen molar-refractivity contribution in [3.8, 4) is 0 Å². The lowest BCUT2D eigenvalue weighted by molar-refractivity contribution is -0.159. The Kier molecular flexibility index (Phi) is 6.92. The topological polar surface area (TPSA) is 99.0 Å². The SMILES string of the molecule is C1CCC(CCC2=NCCN2)CC1.O=C(O)C(=O)O. The second-order valence-electron chi connectivity index (χ2n) is 4.91. The first-order valence-electron chi connectivity index (χ1n) is 6.83. The van der Waals surface area contributed by atoms with Crippen LogP contribution < -0.4 is 5.32 Å². The Morgan fingerprint density at radius 3 is 2.26 bits per heavy atom. The lowest BCUT2D eigenvalue weighted by Crippen LogP contribution is -2.19. The van der Waals surface area contributed by atoms with E-state index in [4.69, 9.17) is 19.8 Å². The molecule has 1 aliphatic carbocycles. The first-order chi connectivity index (χ1) is 9.09. The summed E-state index contributed by atoms with van der Waals surface area (Å²) in [6, 6.07) is 0. The molecule has 0 saturated heterocycles. The highest BCUT2D eigenvalue weighted by Crippen LogP contribution is 2.27. The molecule has 1 fully saturated rings. The van der Waals surface area contributed by atoms with Crippen LogP contribution in [0.4, 0.5) is 0 Å². The predicted molar refractivity (Wildman–Crippen MR) is 71.4 cm³/mol. The number of amidine groups is 1. The fourth-order valence-corrected chi connectivity index (χ4v) is 2.43. The molecule has 0 radical (unpaired) electrons. The van der Waals surface area contributed by atoms with E-state index in [1.54, 1.807) is 0 Å². The summed E-state index contributed by atoms with van der Waals surface area (Å²) in [7, 11) is 0. The van der Waals surface area contributed by atoms with Crippen LogP contribution in [-0.4, -0.2) is 41.1 Å². The van der Waals surface area contributed by atoms with Gasteiger partial charge in [-0.05, 0) is 12.3 Å². The Hall–Kier alpha value is -1.59. The summed E-state index contributed by atoms with van der Waals surface area (Å²) in [5.74, 6) is -1.38. The molecular formula is C13H22N2O4. The minimum absolute atomic E-state index is 0.999. The highest BCUT2D eigenvalue weighted by Gasteiger charge is 2.14. The summed E-state index contributed by atoms with van der Waals surface area (Å²) in [6.45, 7) is 2.07. The first-order valence-corrected chi connectivity index (χ1v) is 6.83. The number of carbonyl (C=O) groups is 2. The van der Waals surface area contributed by atoms with Crippen LogP contribution >= 0.6 is 0 Å². The van der Waals surface area contributed by atoms with Crippen molar-refractivity contribution in [3.63, 3.8) is 0 Å². The molecule has 6 heteroatoms. The van der Waals surface area contributed by atoms with Gasteiger partial charge >= 0.3 is 11.9 Å². The van der Waals surface area contributed by atoms with E-state index in [2.05, 4.69) is 10.3 Å². The number of carboxylic acids is 2. The molecule has 3 N–H and O–H groups in total. The van der Waals surface area contributed by atoms with Gasteiger partial charge in [-0.1, -0.05) is 32.1 Å². The van der Waals surface area contributed by atoms with Gasteiger partial charge in [-0.15, -0.1) is 0 Å². The van der Waals surface area contributed by atoms with Crippen molar-refractivity contribution in [2.45, 2.75) is 44.9 Å². The molecule has 1 heterocycles. The minimum Gasteiger partial charge on any atom is -0.473 e. The highest BCUT2D eigenvalue weighted by molar-refractivity contribution is 6.27. The van der Waals surface area contributed by atoms with Crippen LogP contribution in [0.15, 0.2) is 4.99 Å². The lowest BCUT2D eigenvalue weighted by atomic mass is 9.86. The Bertz CT molecular complexity index is 324. The molecule has 2 aliphatic rings. The molecule has 108 valence electrons. The molecule has 2 rings (SSSR count). The third-order valence-corrected chi connectivity index (χ3v) is 3.44. The zero-order valence-corrected chi connectivity index (χ0v) is 11.1. The number of aliphatic imine (C=N–C) groups is 1. The molecule has 1 saturated carbocycles. The van der Waals surface area contributed by atoms with Crippen molar-refractivity contribution in [2.24, 2.45) is 10.9 Å². The van der Waals surface area contributed by atoms with Crippen LogP contribution in [0, 0.1) is 5.92 Å². The molecule has 0 atom stereocenters. The normalized spacial score (nSPS) is 18.8. The number of carboxylic acid groups (broad SMARTS) is 2. The fraction of sp³-hybridized carbons (Fsp3) is 0.769. The van der Waals surface area contributed by atoms with E-state index in [-0.39, 0.29) is 0 Å². The Balaban J connectivity index is 0.000000258. The lowest BCUT2D eigenvalue weighted by Gasteiger charge is -2.21. The van der Waals surface area contributed by atoms with Crippen molar-refractivity contribution >= 4 is 17.8 Å². The molecular weight excluding hydrogens is 248 g/mol. The summed E-state index contributed by atoms with van der Waals surface area (Å²) < 4.78 is 0. The van der Waals surface area contributed by atoms with E-state index in [0.717, 1.165) is 19.0 Å². The summed E-state index contributed by atoms with van der Waals surface area (Å²) in [5, 5.41) is 18.1. The number of rotatable bonds is 3. The molecule has 1 aliphatic heterocycles. The standard InChI is InChI=1S/C11H20N2.C2H2O4/c1-2-4-10(5-3-1)6-7-11-12-8-9-13-11;3-1(4)2(5)6/h10H,1-9H2,(H,12,13);(H,3,4)(H,5,6). The molecule has 0 amide bonds. The number of nitrogens with zero attached hydrogens (tertiary/aromatic N) is 1. The molecule has 0 aromatic carbocycles. The van der Waals surface area contributed by atoms with Crippen LogP contribution in [0.2, 0.25) is 0 Å².